The van der Waals surface area contributed by atoms with Gasteiger partial charge in [0, 0.05) is 63.1 Å². The van der Waals surface area contributed by atoms with Crippen molar-refractivity contribution in [1.29, 1.82) is 0 Å². The molecule has 0 aliphatic carbocycles. The van der Waals surface area contributed by atoms with Crippen molar-refractivity contribution in [1.82, 2.24) is 26.6 Å². The van der Waals surface area contributed by atoms with E-state index in [2.05, 4.69) is 26.6 Å². The number of thioether (sulfide) groups is 1. The Morgan fingerprint density at radius 2 is 1.30 bits per heavy atom. The maximum atomic E-state index is 12.0. The van der Waals surface area contributed by atoms with E-state index in [1.54, 1.807) is 0 Å². The molecule has 2 aliphatic rings. The monoisotopic (exact) mass is 587 g/mol. The van der Waals surface area contributed by atoms with Crippen LogP contribution in [0.5, 0.6) is 0 Å². The van der Waals surface area contributed by atoms with Crippen LogP contribution in [-0.2, 0) is 28.6 Å². The summed E-state index contributed by atoms with van der Waals surface area (Å²) in [4.78, 5) is 46.5. The SMILES string of the molecule is CCNC(=O)CCCC(=O)NCCCOCCOCCOCCCNC(=O)CCCC[C@H]1SCC2NC(=O)NC21. The lowest BCUT2D eigenvalue weighted by Crippen LogP contribution is -2.36. The molecule has 0 bridgehead atoms. The van der Waals surface area contributed by atoms with Gasteiger partial charge in [-0.15, -0.1) is 0 Å². The van der Waals surface area contributed by atoms with Crippen molar-refractivity contribution in [3.8, 4) is 0 Å². The van der Waals surface area contributed by atoms with E-state index in [-0.39, 0.29) is 35.8 Å². The molecule has 2 aliphatic heterocycles. The van der Waals surface area contributed by atoms with Crippen molar-refractivity contribution in [3.63, 3.8) is 0 Å². The fraction of sp³-hybridized carbons (Fsp3) is 0.852. The summed E-state index contributed by atoms with van der Waals surface area (Å²) in [6.45, 7) is 6.70. The van der Waals surface area contributed by atoms with Crippen molar-refractivity contribution < 1.29 is 33.4 Å². The maximum absolute atomic E-state index is 12.0. The van der Waals surface area contributed by atoms with Crippen molar-refractivity contribution >= 4 is 35.5 Å². The van der Waals surface area contributed by atoms with Gasteiger partial charge in [0.2, 0.25) is 17.7 Å². The van der Waals surface area contributed by atoms with Gasteiger partial charge < -0.3 is 40.8 Å². The molecule has 0 saturated carbocycles. The second kappa shape index (κ2) is 21.6. The number of carbonyl (C=O) groups is 4. The van der Waals surface area contributed by atoms with Gasteiger partial charge in [-0.25, -0.2) is 4.79 Å². The molecule has 5 N–H and O–H groups in total. The summed E-state index contributed by atoms with van der Waals surface area (Å²) in [6, 6.07) is 0.422. The number of amides is 5. The van der Waals surface area contributed by atoms with Crippen LogP contribution in [0.3, 0.4) is 0 Å². The van der Waals surface area contributed by atoms with Gasteiger partial charge in [-0.1, -0.05) is 6.42 Å². The van der Waals surface area contributed by atoms with Gasteiger partial charge in [-0.05, 0) is 39.0 Å². The van der Waals surface area contributed by atoms with Crippen molar-refractivity contribution in [3.05, 3.63) is 0 Å². The Morgan fingerprint density at radius 1 is 0.750 bits per heavy atom. The Kier molecular flexibility index (Phi) is 18.4. The van der Waals surface area contributed by atoms with E-state index >= 15 is 0 Å². The minimum absolute atomic E-state index is 0.0191. The fourth-order valence-corrected chi connectivity index (χ4v) is 6.04. The zero-order chi connectivity index (χ0) is 28.8. The first-order valence-electron chi connectivity index (χ1n) is 14.7. The molecule has 0 aromatic heterocycles. The molecule has 230 valence electrons. The second-order valence-electron chi connectivity index (χ2n) is 9.92. The number of hydrogen-bond donors (Lipinski definition) is 5. The lowest BCUT2D eigenvalue weighted by atomic mass is 10.0. The third kappa shape index (κ3) is 15.6. The molecule has 5 amide bonds. The van der Waals surface area contributed by atoms with Crippen molar-refractivity contribution in [2.45, 2.75) is 82.0 Å². The molecule has 2 saturated heterocycles. The first kappa shape index (κ1) is 34.1. The van der Waals surface area contributed by atoms with Crippen LogP contribution in [0, 0.1) is 0 Å². The molecule has 2 unspecified atom stereocenters. The number of nitrogens with one attached hydrogen (secondary N) is 5. The summed E-state index contributed by atoms with van der Waals surface area (Å²) in [5, 5.41) is 14.9. The van der Waals surface area contributed by atoms with E-state index in [1.807, 2.05) is 18.7 Å². The maximum Gasteiger partial charge on any atom is 0.315 e. The third-order valence-corrected chi connectivity index (χ3v) is 8.09. The number of urea groups is 1. The molecule has 2 heterocycles. The van der Waals surface area contributed by atoms with E-state index in [0.717, 1.165) is 37.9 Å². The van der Waals surface area contributed by atoms with Gasteiger partial charge in [0.25, 0.3) is 0 Å². The minimum atomic E-state index is -0.0580. The summed E-state index contributed by atoms with van der Waals surface area (Å²) < 4.78 is 16.5. The van der Waals surface area contributed by atoms with Crippen LogP contribution in [0.4, 0.5) is 4.79 Å². The number of fused-ring (bicyclic) bond motifs is 1. The van der Waals surface area contributed by atoms with E-state index in [9.17, 15) is 19.2 Å². The van der Waals surface area contributed by atoms with Crippen molar-refractivity contribution in [2.24, 2.45) is 0 Å². The first-order valence-corrected chi connectivity index (χ1v) is 15.8. The van der Waals surface area contributed by atoms with E-state index in [1.165, 1.54) is 0 Å². The van der Waals surface area contributed by atoms with Crippen LogP contribution >= 0.6 is 11.8 Å². The van der Waals surface area contributed by atoms with Gasteiger partial charge in [0.15, 0.2) is 0 Å². The van der Waals surface area contributed by atoms with Crippen LogP contribution in [0.1, 0.15) is 64.7 Å². The molecular weight excluding hydrogens is 538 g/mol. The molecule has 2 fully saturated rings. The Morgan fingerprint density at radius 3 is 1.90 bits per heavy atom. The predicted octanol–water partition coefficient (Wildman–Crippen LogP) is 1.08. The van der Waals surface area contributed by atoms with E-state index in [4.69, 9.17) is 14.2 Å². The highest BCUT2D eigenvalue weighted by Gasteiger charge is 2.42. The van der Waals surface area contributed by atoms with Gasteiger partial charge in [0.05, 0.1) is 38.5 Å². The Balaban J connectivity index is 1.25. The summed E-state index contributed by atoms with van der Waals surface area (Å²) >= 11 is 1.90. The molecule has 12 nitrogen and oxygen atoms in total. The molecule has 3 atom stereocenters. The zero-order valence-electron chi connectivity index (χ0n) is 23.9. The molecule has 2 rings (SSSR count). The highest BCUT2D eigenvalue weighted by Crippen LogP contribution is 2.33. The van der Waals surface area contributed by atoms with E-state index < -0.39 is 0 Å². The molecule has 0 aromatic carbocycles. The molecule has 40 heavy (non-hydrogen) atoms. The molecule has 0 spiro atoms. The van der Waals surface area contributed by atoms with Gasteiger partial charge in [-0.2, -0.15) is 11.8 Å². The van der Waals surface area contributed by atoms with Crippen LogP contribution < -0.4 is 26.6 Å². The Bertz CT molecular complexity index is 761. The summed E-state index contributed by atoms with van der Waals surface area (Å²) in [5.41, 5.74) is 0. The Labute approximate surface area is 242 Å². The highest BCUT2D eigenvalue weighted by atomic mass is 32.2. The first-order chi connectivity index (χ1) is 19.5. The standard InChI is InChI=1S/C27H49N5O7S/c1-2-28-23(33)10-5-11-25(35)30-13-7-15-38-17-19-39-18-16-37-14-6-12-29-24(34)9-4-3-8-22-26-21(20-40-22)31-27(36)32-26/h21-22,26H,2-20H2,1H3,(H,28,33)(H,29,34)(H,30,35)(H2,31,32,36)/t21?,22-,26?/m1/s1. The largest absolute Gasteiger partial charge is 0.379 e. The zero-order valence-corrected chi connectivity index (χ0v) is 24.7. The normalized spacial score (nSPS) is 19.5. The molecule has 0 aromatic rings. The molecule has 0 radical (unpaired) electrons. The lowest BCUT2D eigenvalue weighted by Gasteiger charge is -2.16. The topological polar surface area (TPSA) is 156 Å². The van der Waals surface area contributed by atoms with Crippen LogP contribution in [0.15, 0.2) is 0 Å². The molecular formula is C27H49N5O7S. The quantitative estimate of drug-likeness (QED) is 0.0830. The lowest BCUT2D eigenvalue weighted by molar-refractivity contribution is -0.123. The van der Waals surface area contributed by atoms with Crippen LogP contribution in [0.2, 0.25) is 0 Å². The smallest absolute Gasteiger partial charge is 0.315 e. The second-order valence-corrected chi connectivity index (χ2v) is 11.2. The average Bonchev–Trinajstić information content (AvgIpc) is 3.48. The van der Waals surface area contributed by atoms with Gasteiger partial charge in [0.1, 0.15) is 0 Å². The van der Waals surface area contributed by atoms with Crippen LogP contribution in [0.25, 0.3) is 0 Å². The minimum Gasteiger partial charge on any atom is -0.379 e. The van der Waals surface area contributed by atoms with Gasteiger partial charge in [-0.3, -0.25) is 14.4 Å². The Hall–Kier alpha value is -2.09. The van der Waals surface area contributed by atoms with Crippen LogP contribution in [-0.4, -0.2) is 106 Å². The fourth-order valence-electron chi connectivity index (χ4n) is 4.49. The average molecular weight is 588 g/mol. The number of ether oxygens (including phenoxy) is 3. The molecule has 13 heteroatoms. The number of rotatable bonds is 24. The van der Waals surface area contributed by atoms with Gasteiger partial charge >= 0.3 is 6.03 Å². The highest BCUT2D eigenvalue weighted by molar-refractivity contribution is 8.00. The third-order valence-electron chi connectivity index (χ3n) is 6.58. The summed E-state index contributed by atoms with van der Waals surface area (Å²) in [7, 11) is 0. The number of unbranched alkanes of at least 4 members (excludes halogenated alkanes) is 1. The van der Waals surface area contributed by atoms with E-state index in [0.29, 0.717) is 90.2 Å². The van der Waals surface area contributed by atoms with Crippen molar-refractivity contribution in [2.75, 3.05) is 65.0 Å². The number of hydrogen-bond acceptors (Lipinski definition) is 8. The summed E-state index contributed by atoms with van der Waals surface area (Å²) in [5.74, 6) is 0.977. The predicted molar refractivity (Wildman–Crippen MR) is 154 cm³/mol. The number of carbonyl (C=O) groups excluding carboxylic acids is 4. The summed E-state index contributed by atoms with van der Waals surface area (Å²) in [6.07, 6.45) is 6.15.